The molecule has 208 valence electrons. The number of carboxylic acid groups (broad SMARTS) is 1. The van der Waals surface area contributed by atoms with Gasteiger partial charge in [0, 0.05) is 36.2 Å². The van der Waals surface area contributed by atoms with E-state index < -0.39 is 45.6 Å². The fourth-order valence-corrected chi connectivity index (χ4v) is 5.43. The number of sulfonamides is 1. The number of H-pyrrole nitrogens is 1. The van der Waals surface area contributed by atoms with Crippen LogP contribution in [0.2, 0.25) is 0 Å². The molecule has 0 unspecified atom stereocenters. The number of rotatable bonds is 10. The quantitative estimate of drug-likeness (QED) is 0.225. The molecule has 3 atom stereocenters. The first-order valence-corrected chi connectivity index (χ1v) is 13.4. The standard InChI is InChI=1S/C13H19NO4S.C10H13N5O4/c1-3-9-14(10-4-2)19(17,18)12-7-5-11(6-8-12)13(15)16;1-5-3-15(10(18)12-9(5)17)8-2-6(13-14-11)7(4-16)19-8/h5-8H,3-4,9-10H2,1-2H3,(H,15,16);3,6-8,16H,2,4H2,1H3,(H,12,17,18)/t;6-,7+,8+/m.0/s1. The minimum atomic E-state index is -3.53. The molecule has 0 bridgehead atoms. The van der Waals surface area contributed by atoms with Crippen LogP contribution in [0.4, 0.5) is 0 Å². The summed E-state index contributed by atoms with van der Waals surface area (Å²) in [6, 6.07) is 4.77. The van der Waals surface area contributed by atoms with Gasteiger partial charge < -0.3 is 14.9 Å². The van der Waals surface area contributed by atoms with Crippen molar-refractivity contribution in [2.24, 2.45) is 5.11 Å². The maximum Gasteiger partial charge on any atom is 0.335 e. The van der Waals surface area contributed by atoms with E-state index >= 15 is 0 Å². The number of azide groups is 1. The van der Waals surface area contributed by atoms with E-state index in [4.69, 9.17) is 20.5 Å². The first-order chi connectivity index (χ1) is 18.0. The van der Waals surface area contributed by atoms with Crippen molar-refractivity contribution in [3.63, 3.8) is 0 Å². The van der Waals surface area contributed by atoms with E-state index in [1.165, 1.54) is 39.3 Å². The van der Waals surface area contributed by atoms with Crippen LogP contribution in [0.5, 0.6) is 0 Å². The van der Waals surface area contributed by atoms with Crippen LogP contribution in [-0.4, -0.2) is 70.3 Å². The topological polar surface area (TPSA) is 208 Å². The number of aliphatic hydroxyl groups excluding tert-OH is 1. The summed E-state index contributed by atoms with van der Waals surface area (Å²) in [5.41, 5.74) is 7.84. The Morgan fingerprint density at radius 2 is 1.84 bits per heavy atom. The summed E-state index contributed by atoms with van der Waals surface area (Å²) >= 11 is 0. The fourth-order valence-electron chi connectivity index (χ4n) is 3.81. The molecule has 1 aromatic heterocycles. The molecule has 1 aromatic carbocycles. The number of hydrogen-bond donors (Lipinski definition) is 3. The molecule has 38 heavy (non-hydrogen) atoms. The molecule has 1 fully saturated rings. The van der Waals surface area contributed by atoms with Crippen LogP contribution in [0.25, 0.3) is 10.4 Å². The van der Waals surface area contributed by atoms with Gasteiger partial charge in [0.2, 0.25) is 10.0 Å². The Hall–Kier alpha value is -3.49. The van der Waals surface area contributed by atoms with Crippen molar-refractivity contribution in [3.05, 3.63) is 72.9 Å². The number of aliphatic hydroxyl groups is 1. The number of carboxylic acids is 1. The summed E-state index contributed by atoms with van der Waals surface area (Å²) in [6.07, 6.45) is 1.81. The number of benzene rings is 1. The van der Waals surface area contributed by atoms with Crippen LogP contribution in [0.1, 0.15) is 55.3 Å². The van der Waals surface area contributed by atoms with E-state index in [0.717, 1.165) is 12.8 Å². The smallest absolute Gasteiger partial charge is 0.335 e. The molecule has 15 heteroatoms. The maximum absolute atomic E-state index is 12.4. The lowest BCUT2D eigenvalue weighted by Crippen LogP contribution is -2.33. The lowest BCUT2D eigenvalue weighted by atomic mass is 10.1. The zero-order valence-electron chi connectivity index (χ0n) is 21.3. The number of ether oxygens (including phenoxy) is 1. The predicted molar refractivity (Wildman–Crippen MR) is 137 cm³/mol. The van der Waals surface area contributed by atoms with Crippen molar-refractivity contribution >= 4 is 16.0 Å². The highest BCUT2D eigenvalue weighted by atomic mass is 32.2. The highest BCUT2D eigenvalue weighted by Gasteiger charge is 2.35. The highest BCUT2D eigenvalue weighted by molar-refractivity contribution is 7.89. The maximum atomic E-state index is 12.4. The second kappa shape index (κ2) is 13.9. The Morgan fingerprint density at radius 1 is 1.24 bits per heavy atom. The zero-order valence-corrected chi connectivity index (χ0v) is 22.2. The summed E-state index contributed by atoms with van der Waals surface area (Å²) in [4.78, 5) is 38.7. The summed E-state index contributed by atoms with van der Waals surface area (Å²) in [6.45, 7) is 6.04. The number of aromatic amines is 1. The summed E-state index contributed by atoms with van der Waals surface area (Å²) in [7, 11) is -3.53. The van der Waals surface area contributed by atoms with Gasteiger partial charge in [-0.25, -0.2) is 18.0 Å². The molecule has 0 aliphatic carbocycles. The SMILES string of the molecule is CCCN(CCC)S(=O)(=O)c1ccc(C(=O)O)cc1.Cc1cn([C@H]2C[C@H](N=[N+]=[N-])[C@@H](CO)O2)c(=O)[nH]c1=O. The van der Waals surface area contributed by atoms with E-state index in [9.17, 15) is 22.8 Å². The van der Waals surface area contributed by atoms with Gasteiger partial charge >= 0.3 is 11.7 Å². The first-order valence-electron chi connectivity index (χ1n) is 12.0. The molecule has 2 aromatic rings. The number of aromatic carboxylic acids is 1. The van der Waals surface area contributed by atoms with Gasteiger partial charge in [-0.15, -0.1) is 0 Å². The first kappa shape index (κ1) is 30.7. The van der Waals surface area contributed by atoms with Gasteiger partial charge in [-0.3, -0.25) is 14.3 Å². The lowest BCUT2D eigenvalue weighted by molar-refractivity contribution is -0.0271. The van der Waals surface area contributed by atoms with Crippen LogP contribution >= 0.6 is 0 Å². The molecule has 0 spiro atoms. The van der Waals surface area contributed by atoms with Crippen molar-refractivity contribution in [2.75, 3.05) is 19.7 Å². The van der Waals surface area contributed by atoms with Crippen molar-refractivity contribution in [1.29, 1.82) is 0 Å². The van der Waals surface area contributed by atoms with Crippen LogP contribution < -0.4 is 11.2 Å². The van der Waals surface area contributed by atoms with Gasteiger partial charge in [-0.05, 0) is 49.6 Å². The van der Waals surface area contributed by atoms with Gasteiger partial charge in [-0.1, -0.05) is 19.0 Å². The van der Waals surface area contributed by atoms with E-state index in [1.807, 2.05) is 13.8 Å². The number of nitrogens with one attached hydrogen (secondary N) is 1. The summed E-state index contributed by atoms with van der Waals surface area (Å²) in [5, 5.41) is 21.5. The average Bonchev–Trinajstić information content (AvgIpc) is 3.29. The van der Waals surface area contributed by atoms with Gasteiger partial charge in [-0.2, -0.15) is 4.31 Å². The third-order valence-electron chi connectivity index (χ3n) is 5.73. The number of nitrogens with zero attached hydrogens (tertiary/aromatic N) is 5. The van der Waals surface area contributed by atoms with Crippen LogP contribution in [0, 0.1) is 6.92 Å². The van der Waals surface area contributed by atoms with Crippen molar-refractivity contribution < 1.29 is 28.2 Å². The van der Waals surface area contributed by atoms with Gasteiger partial charge in [0.1, 0.15) is 6.23 Å². The number of carbonyl (C=O) groups is 1. The molecule has 3 N–H and O–H groups in total. The Labute approximate surface area is 219 Å². The lowest BCUT2D eigenvalue weighted by Gasteiger charge is -2.20. The monoisotopic (exact) mass is 552 g/mol. The Balaban J connectivity index is 0.000000267. The molecule has 2 heterocycles. The Kier molecular flexibility index (Phi) is 11.2. The number of aryl methyl sites for hydroxylation is 1. The van der Waals surface area contributed by atoms with E-state index in [1.54, 1.807) is 6.92 Å². The highest BCUT2D eigenvalue weighted by Crippen LogP contribution is 2.29. The van der Waals surface area contributed by atoms with Crippen LogP contribution in [0.15, 0.2) is 50.1 Å². The number of hydrogen-bond acceptors (Lipinski definition) is 8. The second-order valence-electron chi connectivity index (χ2n) is 8.53. The van der Waals surface area contributed by atoms with Gasteiger partial charge in [0.15, 0.2) is 0 Å². The van der Waals surface area contributed by atoms with E-state index in [2.05, 4.69) is 15.0 Å². The van der Waals surface area contributed by atoms with Crippen LogP contribution in [0.3, 0.4) is 0 Å². The van der Waals surface area contributed by atoms with Gasteiger partial charge in [0.05, 0.1) is 29.2 Å². The minimum absolute atomic E-state index is 0.0801. The normalized spacial score (nSPS) is 18.9. The molecule has 1 aliphatic rings. The zero-order chi connectivity index (χ0) is 28.5. The van der Waals surface area contributed by atoms with Crippen molar-refractivity contribution in [3.8, 4) is 0 Å². The van der Waals surface area contributed by atoms with Crippen molar-refractivity contribution in [2.45, 2.75) is 63.3 Å². The molecule has 0 saturated carbocycles. The van der Waals surface area contributed by atoms with E-state index in [0.29, 0.717) is 18.7 Å². The molecule has 14 nitrogen and oxygen atoms in total. The minimum Gasteiger partial charge on any atom is -0.478 e. The molecule has 0 amide bonds. The number of aromatic nitrogens is 2. The summed E-state index contributed by atoms with van der Waals surface area (Å²) < 4.78 is 32.9. The molecular formula is C23H32N6O8S. The van der Waals surface area contributed by atoms with Crippen LogP contribution in [-0.2, 0) is 14.8 Å². The molecule has 3 rings (SSSR count). The van der Waals surface area contributed by atoms with Crippen molar-refractivity contribution in [1.82, 2.24) is 13.9 Å². The molecule has 1 saturated heterocycles. The van der Waals surface area contributed by atoms with E-state index in [-0.39, 0.29) is 23.5 Å². The molecule has 0 radical (unpaired) electrons. The summed E-state index contributed by atoms with van der Waals surface area (Å²) in [5.74, 6) is -1.07. The third-order valence-corrected chi connectivity index (χ3v) is 7.64. The Bertz CT molecular complexity index is 1360. The average molecular weight is 553 g/mol. The third kappa shape index (κ3) is 7.52. The predicted octanol–water partition coefficient (Wildman–Crippen LogP) is 2.00. The second-order valence-corrected chi connectivity index (χ2v) is 10.5. The molecular weight excluding hydrogens is 520 g/mol. The fraction of sp³-hybridized carbons (Fsp3) is 0.522. The molecule has 1 aliphatic heterocycles. The largest absolute Gasteiger partial charge is 0.478 e. The van der Waals surface area contributed by atoms with Gasteiger partial charge in [0.25, 0.3) is 5.56 Å². The Morgan fingerprint density at radius 3 is 2.34 bits per heavy atom.